The molecule has 1 heterocycles. The van der Waals surface area contributed by atoms with Crippen molar-refractivity contribution in [1.29, 1.82) is 0 Å². The summed E-state index contributed by atoms with van der Waals surface area (Å²) < 4.78 is 5.26. The van der Waals surface area contributed by atoms with E-state index in [0.717, 1.165) is 37.7 Å². The van der Waals surface area contributed by atoms with Crippen LogP contribution < -0.4 is 5.32 Å². The SMILES string of the molecule is C=C(/C=C\C(=C)N1CCOCC1)NC. The molecule has 0 aliphatic carbocycles. The molecule has 1 aliphatic heterocycles. The third-order valence-electron chi connectivity index (χ3n) is 2.22. The lowest BCUT2D eigenvalue weighted by molar-refractivity contribution is 0.0556. The van der Waals surface area contributed by atoms with Crippen LogP contribution in [0.3, 0.4) is 0 Å². The van der Waals surface area contributed by atoms with Gasteiger partial charge in [-0.25, -0.2) is 0 Å². The van der Waals surface area contributed by atoms with Gasteiger partial charge in [0.25, 0.3) is 0 Å². The molecule has 1 fully saturated rings. The maximum Gasteiger partial charge on any atom is 0.0642 e. The molecule has 0 unspecified atom stereocenters. The number of nitrogens with zero attached hydrogens (tertiary/aromatic N) is 1. The molecular formula is C11H18N2O. The van der Waals surface area contributed by atoms with E-state index in [2.05, 4.69) is 23.4 Å². The standard InChI is InChI=1S/C11H18N2O/c1-10(12-3)4-5-11(2)13-6-8-14-9-7-13/h4-5,12H,1-2,6-9H2,3H3/b5-4-. The minimum atomic E-state index is 0.792. The topological polar surface area (TPSA) is 24.5 Å². The van der Waals surface area contributed by atoms with Crippen LogP contribution >= 0.6 is 0 Å². The summed E-state index contributed by atoms with van der Waals surface area (Å²) in [7, 11) is 1.85. The summed E-state index contributed by atoms with van der Waals surface area (Å²) in [6, 6.07) is 0. The van der Waals surface area contributed by atoms with Crippen molar-refractivity contribution in [3.63, 3.8) is 0 Å². The van der Waals surface area contributed by atoms with Gasteiger partial charge in [-0.15, -0.1) is 0 Å². The number of morpholine rings is 1. The molecule has 1 N–H and O–H groups in total. The Kier molecular flexibility index (Phi) is 4.26. The van der Waals surface area contributed by atoms with Gasteiger partial charge in [0.05, 0.1) is 13.2 Å². The van der Waals surface area contributed by atoms with Crippen molar-refractivity contribution in [2.24, 2.45) is 0 Å². The van der Waals surface area contributed by atoms with Crippen molar-refractivity contribution in [3.8, 4) is 0 Å². The van der Waals surface area contributed by atoms with Crippen LogP contribution in [0.1, 0.15) is 0 Å². The lowest BCUT2D eigenvalue weighted by Gasteiger charge is -2.29. The average Bonchev–Trinajstić information content (AvgIpc) is 2.26. The first-order valence-electron chi connectivity index (χ1n) is 4.80. The van der Waals surface area contributed by atoms with Crippen LogP contribution in [-0.2, 0) is 4.74 Å². The fourth-order valence-corrected chi connectivity index (χ4v) is 1.24. The second kappa shape index (κ2) is 5.50. The second-order valence-electron chi connectivity index (χ2n) is 3.20. The Labute approximate surface area is 85.7 Å². The van der Waals surface area contributed by atoms with Crippen molar-refractivity contribution >= 4 is 0 Å². The van der Waals surface area contributed by atoms with E-state index in [1.54, 1.807) is 0 Å². The molecule has 1 rings (SSSR count). The van der Waals surface area contributed by atoms with E-state index in [1.807, 2.05) is 19.2 Å². The lowest BCUT2D eigenvalue weighted by atomic mass is 10.3. The van der Waals surface area contributed by atoms with Crippen LogP contribution in [0.25, 0.3) is 0 Å². The Morgan fingerprint density at radius 2 is 1.93 bits per heavy atom. The van der Waals surface area contributed by atoms with Crippen molar-refractivity contribution in [2.75, 3.05) is 33.4 Å². The molecule has 0 bridgehead atoms. The zero-order valence-electron chi connectivity index (χ0n) is 8.75. The fourth-order valence-electron chi connectivity index (χ4n) is 1.24. The molecular weight excluding hydrogens is 176 g/mol. The van der Waals surface area contributed by atoms with E-state index in [0.29, 0.717) is 0 Å². The first-order chi connectivity index (χ1) is 6.74. The molecule has 1 aliphatic rings. The monoisotopic (exact) mass is 194 g/mol. The van der Waals surface area contributed by atoms with Gasteiger partial charge < -0.3 is 15.0 Å². The van der Waals surface area contributed by atoms with E-state index in [9.17, 15) is 0 Å². The van der Waals surface area contributed by atoms with E-state index in [1.165, 1.54) is 0 Å². The minimum absolute atomic E-state index is 0.792. The zero-order valence-corrected chi connectivity index (χ0v) is 8.75. The summed E-state index contributed by atoms with van der Waals surface area (Å²) in [5, 5.41) is 2.96. The summed E-state index contributed by atoms with van der Waals surface area (Å²) in [6.07, 6.45) is 3.90. The van der Waals surface area contributed by atoms with Crippen LogP contribution in [-0.4, -0.2) is 38.3 Å². The fraction of sp³-hybridized carbons (Fsp3) is 0.455. The molecule has 3 heteroatoms. The van der Waals surface area contributed by atoms with Crippen LogP contribution in [0.4, 0.5) is 0 Å². The third kappa shape index (κ3) is 3.26. The van der Waals surface area contributed by atoms with Gasteiger partial charge >= 0.3 is 0 Å². The number of allylic oxidation sites excluding steroid dienone is 2. The van der Waals surface area contributed by atoms with Gasteiger partial charge in [0.1, 0.15) is 0 Å². The van der Waals surface area contributed by atoms with Gasteiger partial charge in [-0.1, -0.05) is 13.2 Å². The Morgan fingerprint density at radius 3 is 2.50 bits per heavy atom. The first-order valence-corrected chi connectivity index (χ1v) is 4.80. The minimum Gasteiger partial charge on any atom is -0.389 e. The normalized spacial score (nSPS) is 17.1. The summed E-state index contributed by atoms with van der Waals surface area (Å²) in [5.74, 6) is 0. The molecule has 0 amide bonds. The molecule has 0 spiro atoms. The van der Waals surface area contributed by atoms with E-state index in [-0.39, 0.29) is 0 Å². The van der Waals surface area contributed by atoms with Gasteiger partial charge in [-0.2, -0.15) is 0 Å². The number of ether oxygens (including phenoxy) is 1. The number of nitrogens with one attached hydrogen (secondary N) is 1. The maximum absolute atomic E-state index is 5.26. The molecule has 0 saturated carbocycles. The number of hydrogen-bond acceptors (Lipinski definition) is 3. The molecule has 3 nitrogen and oxygen atoms in total. The maximum atomic E-state index is 5.26. The van der Waals surface area contributed by atoms with Gasteiger partial charge in [0, 0.05) is 31.5 Å². The average molecular weight is 194 g/mol. The highest BCUT2D eigenvalue weighted by Gasteiger charge is 2.09. The Hall–Kier alpha value is -1.22. The Bertz CT molecular complexity index is 240. The highest BCUT2D eigenvalue weighted by molar-refractivity contribution is 5.22. The summed E-state index contributed by atoms with van der Waals surface area (Å²) in [5.41, 5.74) is 1.91. The first kappa shape index (κ1) is 10.9. The molecule has 0 atom stereocenters. The molecule has 0 aromatic carbocycles. The predicted octanol–water partition coefficient (Wildman–Crippen LogP) is 1.12. The summed E-state index contributed by atoms with van der Waals surface area (Å²) in [4.78, 5) is 2.21. The number of hydrogen-bond donors (Lipinski definition) is 1. The Balaban J connectivity index is 2.40. The highest BCUT2D eigenvalue weighted by Crippen LogP contribution is 2.07. The van der Waals surface area contributed by atoms with Gasteiger partial charge in [0.2, 0.25) is 0 Å². The van der Waals surface area contributed by atoms with Crippen LogP contribution in [0.2, 0.25) is 0 Å². The molecule has 0 aromatic rings. The Morgan fingerprint density at radius 1 is 1.29 bits per heavy atom. The highest BCUT2D eigenvalue weighted by atomic mass is 16.5. The van der Waals surface area contributed by atoms with Gasteiger partial charge in [-0.3, -0.25) is 0 Å². The van der Waals surface area contributed by atoms with Gasteiger partial charge in [-0.05, 0) is 12.2 Å². The van der Waals surface area contributed by atoms with E-state index in [4.69, 9.17) is 4.74 Å². The van der Waals surface area contributed by atoms with Crippen molar-refractivity contribution in [2.45, 2.75) is 0 Å². The predicted molar refractivity (Wildman–Crippen MR) is 58.9 cm³/mol. The molecule has 0 aromatic heterocycles. The second-order valence-corrected chi connectivity index (χ2v) is 3.20. The van der Waals surface area contributed by atoms with Crippen LogP contribution in [0, 0.1) is 0 Å². The van der Waals surface area contributed by atoms with Crippen LogP contribution in [0.5, 0.6) is 0 Å². The van der Waals surface area contributed by atoms with Crippen LogP contribution in [0.15, 0.2) is 36.7 Å². The van der Waals surface area contributed by atoms with E-state index >= 15 is 0 Å². The van der Waals surface area contributed by atoms with Crippen molar-refractivity contribution in [3.05, 3.63) is 36.7 Å². The number of likely N-dealkylation sites (N-methyl/N-ethyl adjacent to an activating group) is 1. The van der Waals surface area contributed by atoms with Crippen molar-refractivity contribution < 1.29 is 4.74 Å². The third-order valence-corrected chi connectivity index (χ3v) is 2.22. The number of rotatable bonds is 4. The van der Waals surface area contributed by atoms with Gasteiger partial charge in [0.15, 0.2) is 0 Å². The molecule has 14 heavy (non-hydrogen) atoms. The summed E-state index contributed by atoms with van der Waals surface area (Å²) >= 11 is 0. The largest absolute Gasteiger partial charge is 0.389 e. The van der Waals surface area contributed by atoms with E-state index < -0.39 is 0 Å². The lowest BCUT2D eigenvalue weighted by Crippen LogP contribution is -2.34. The molecule has 1 saturated heterocycles. The quantitative estimate of drug-likeness (QED) is 0.679. The molecule has 0 radical (unpaired) electrons. The van der Waals surface area contributed by atoms with Crippen molar-refractivity contribution in [1.82, 2.24) is 10.2 Å². The molecule has 78 valence electrons. The smallest absolute Gasteiger partial charge is 0.0642 e. The zero-order chi connectivity index (χ0) is 10.4. The summed E-state index contributed by atoms with van der Waals surface area (Å²) in [6.45, 7) is 11.2.